The lowest BCUT2D eigenvalue weighted by atomic mass is 10.1. The molecular weight excluding hydrogens is 270 g/mol. The minimum atomic E-state index is 0.435. The van der Waals surface area contributed by atoms with Crippen molar-refractivity contribution in [2.45, 2.75) is 18.9 Å². The zero-order valence-electron chi connectivity index (χ0n) is 9.61. The van der Waals surface area contributed by atoms with Gasteiger partial charge < -0.3 is 11.5 Å². The second-order valence-corrected chi connectivity index (χ2v) is 6.37. The summed E-state index contributed by atoms with van der Waals surface area (Å²) >= 11 is 2.93. The number of anilines is 2. The molecule has 0 aromatic carbocycles. The number of hydrogen-bond donors (Lipinski definition) is 2. The fourth-order valence-electron chi connectivity index (χ4n) is 2.11. The molecule has 1 unspecified atom stereocenters. The van der Waals surface area contributed by atoms with Crippen molar-refractivity contribution in [1.82, 2.24) is 25.3 Å². The number of hydrogen-bond acceptors (Lipinski definition) is 9. The number of aromatic nitrogens is 4. The number of rotatable bonds is 3. The van der Waals surface area contributed by atoms with Crippen LogP contribution in [0.4, 0.5) is 10.3 Å². The quantitative estimate of drug-likeness (QED) is 0.846. The van der Waals surface area contributed by atoms with E-state index in [1.165, 1.54) is 22.7 Å². The molecule has 0 saturated carbocycles. The van der Waals surface area contributed by atoms with Crippen molar-refractivity contribution in [2.75, 3.05) is 24.6 Å². The molecule has 18 heavy (non-hydrogen) atoms. The topological polar surface area (TPSA) is 107 Å². The summed E-state index contributed by atoms with van der Waals surface area (Å²) in [5.41, 5.74) is 11.2. The van der Waals surface area contributed by atoms with Crippen molar-refractivity contribution in [2.24, 2.45) is 0 Å². The lowest BCUT2D eigenvalue weighted by Gasteiger charge is -2.12. The Morgan fingerprint density at radius 2 is 1.89 bits per heavy atom. The van der Waals surface area contributed by atoms with Crippen molar-refractivity contribution in [1.29, 1.82) is 0 Å². The van der Waals surface area contributed by atoms with Gasteiger partial charge in [-0.2, -0.15) is 0 Å². The highest BCUT2D eigenvalue weighted by molar-refractivity contribution is 7.15. The van der Waals surface area contributed by atoms with Gasteiger partial charge in [-0.1, -0.05) is 22.7 Å². The van der Waals surface area contributed by atoms with Gasteiger partial charge in [0, 0.05) is 12.5 Å². The smallest absolute Gasteiger partial charge is 0.203 e. The van der Waals surface area contributed by atoms with Crippen LogP contribution in [0.2, 0.25) is 0 Å². The number of nitrogens with two attached hydrogens (primary N) is 2. The molecule has 0 bridgehead atoms. The van der Waals surface area contributed by atoms with Crippen LogP contribution < -0.4 is 11.5 Å². The molecule has 2 aromatic heterocycles. The fourth-order valence-corrected chi connectivity index (χ4v) is 3.50. The van der Waals surface area contributed by atoms with E-state index in [1.807, 2.05) is 0 Å². The summed E-state index contributed by atoms with van der Waals surface area (Å²) in [6.07, 6.45) is 1.09. The molecule has 3 rings (SSSR count). The highest BCUT2D eigenvalue weighted by atomic mass is 32.1. The zero-order valence-corrected chi connectivity index (χ0v) is 11.2. The van der Waals surface area contributed by atoms with Crippen molar-refractivity contribution >= 4 is 32.9 Å². The maximum absolute atomic E-state index is 5.61. The van der Waals surface area contributed by atoms with Crippen LogP contribution in [0.1, 0.15) is 22.4 Å². The Morgan fingerprint density at radius 1 is 1.11 bits per heavy atom. The normalized spacial score (nSPS) is 20.6. The summed E-state index contributed by atoms with van der Waals surface area (Å²) in [5, 5.41) is 18.9. The SMILES string of the molecule is Nc1nnc(CN2CCC(c3nnc(N)s3)C2)s1. The van der Waals surface area contributed by atoms with E-state index in [2.05, 4.69) is 25.3 Å². The molecule has 2 aromatic rings. The van der Waals surface area contributed by atoms with Gasteiger partial charge in [0.15, 0.2) is 0 Å². The summed E-state index contributed by atoms with van der Waals surface area (Å²) in [7, 11) is 0. The molecule has 0 aliphatic carbocycles. The van der Waals surface area contributed by atoms with E-state index in [4.69, 9.17) is 11.5 Å². The molecule has 0 radical (unpaired) electrons. The first kappa shape index (κ1) is 11.8. The second kappa shape index (κ2) is 4.75. The van der Waals surface area contributed by atoms with Crippen LogP contribution in [-0.2, 0) is 6.54 Å². The lowest BCUT2D eigenvalue weighted by molar-refractivity contribution is 0.325. The first-order valence-electron chi connectivity index (χ1n) is 5.60. The Morgan fingerprint density at radius 3 is 2.56 bits per heavy atom. The monoisotopic (exact) mass is 283 g/mol. The Hall–Kier alpha value is -1.32. The van der Waals surface area contributed by atoms with E-state index >= 15 is 0 Å². The van der Waals surface area contributed by atoms with Gasteiger partial charge in [0.05, 0.1) is 6.54 Å². The van der Waals surface area contributed by atoms with E-state index in [0.29, 0.717) is 16.2 Å². The Labute approximate surface area is 112 Å². The molecular formula is C9H13N7S2. The molecule has 4 N–H and O–H groups in total. The molecule has 7 nitrogen and oxygen atoms in total. The largest absolute Gasteiger partial charge is 0.374 e. The van der Waals surface area contributed by atoms with E-state index in [0.717, 1.165) is 36.1 Å². The predicted octanol–water partition coefficient (Wildman–Crippen LogP) is 0.543. The van der Waals surface area contributed by atoms with Crippen LogP contribution in [-0.4, -0.2) is 38.4 Å². The Kier molecular flexibility index (Phi) is 3.10. The van der Waals surface area contributed by atoms with Crippen LogP contribution in [0.3, 0.4) is 0 Å². The summed E-state index contributed by atoms with van der Waals surface area (Å²) in [5.74, 6) is 0.435. The van der Waals surface area contributed by atoms with Crippen molar-refractivity contribution in [3.63, 3.8) is 0 Å². The van der Waals surface area contributed by atoms with E-state index in [1.54, 1.807) is 0 Å². The second-order valence-electron chi connectivity index (χ2n) is 4.23. The van der Waals surface area contributed by atoms with Crippen LogP contribution in [0, 0.1) is 0 Å². The van der Waals surface area contributed by atoms with Crippen LogP contribution in [0.25, 0.3) is 0 Å². The molecule has 1 fully saturated rings. The first-order chi connectivity index (χ1) is 8.70. The van der Waals surface area contributed by atoms with Gasteiger partial charge in [-0.15, -0.1) is 20.4 Å². The minimum Gasteiger partial charge on any atom is -0.374 e. The van der Waals surface area contributed by atoms with Crippen molar-refractivity contribution in [3.05, 3.63) is 10.0 Å². The zero-order chi connectivity index (χ0) is 12.5. The maximum Gasteiger partial charge on any atom is 0.203 e. The van der Waals surface area contributed by atoms with E-state index < -0.39 is 0 Å². The summed E-state index contributed by atoms with van der Waals surface area (Å²) in [6.45, 7) is 2.80. The van der Waals surface area contributed by atoms with Crippen molar-refractivity contribution < 1.29 is 0 Å². The van der Waals surface area contributed by atoms with E-state index in [9.17, 15) is 0 Å². The molecule has 0 amide bonds. The van der Waals surface area contributed by atoms with Crippen LogP contribution in [0.5, 0.6) is 0 Å². The average Bonchev–Trinajstić information content (AvgIpc) is 3.01. The third-order valence-electron chi connectivity index (χ3n) is 2.92. The molecule has 1 atom stereocenters. The average molecular weight is 283 g/mol. The first-order valence-corrected chi connectivity index (χ1v) is 7.23. The molecule has 3 heterocycles. The third-order valence-corrected chi connectivity index (χ3v) is 4.57. The Bertz CT molecular complexity index is 537. The molecule has 0 spiro atoms. The number of likely N-dealkylation sites (tertiary alicyclic amines) is 1. The molecule has 1 aliphatic rings. The molecule has 9 heteroatoms. The summed E-state index contributed by atoms with van der Waals surface area (Å²) in [4.78, 5) is 2.34. The highest BCUT2D eigenvalue weighted by Gasteiger charge is 2.27. The molecule has 1 saturated heterocycles. The highest BCUT2D eigenvalue weighted by Crippen LogP contribution is 2.31. The van der Waals surface area contributed by atoms with Gasteiger partial charge in [0.2, 0.25) is 10.3 Å². The van der Waals surface area contributed by atoms with Crippen LogP contribution in [0.15, 0.2) is 0 Å². The van der Waals surface area contributed by atoms with Gasteiger partial charge in [-0.3, -0.25) is 4.90 Å². The van der Waals surface area contributed by atoms with Gasteiger partial charge in [0.25, 0.3) is 0 Å². The molecule has 96 valence electrons. The van der Waals surface area contributed by atoms with Gasteiger partial charge in [-0.25, -0.2) is 0 Å². The van der Waals surface area contributed by atoms with E-state index in [-0.39, 0.29) is 0 Å². The van der Waals surface area contributed by atoms with Crippen LogP contribution >= 0.6 is 22.7 Å². The standard InChI is InChI=1S/C9H13N7S2/c10-8-14-12-6(17-8)4-16-2-1-5(3-16)7-13-15-9(11)18-7/h5H,1-4H2,(H2,10,14)(H2,11,15). The summed E-state index contributed by atoms with van der Waals surface area (Å²) < 4.78 is 0. The van der Waals surface area contributed by atoms with Gasteiger partial charge in [-0.05, 0) is 13.0 Å². The number of nitrogen functional groups attached to an aromatic ring is 2. The maximum atomic E-state index is 5.61. The lowest BCUT2D eigenvalue weighted by Crippen LogP contribution is -2.19. The van der Waals surface area contributed by atoms with Gasteiger partial charge in [0.1, 0.15) is 10.0 Å². The number of nitrogens with zero attached hydrogens (tertiary/aromatic N) is 5. The van der Waals surface area contributed by atoms with Gasteiger partial charge >= 0.3 is 0 Å². The third kappa shape index (κ3) is 2.42. The predicted molar refractivity (Wildman–Crippen MR) is 71.3 cm³/mol. The Balaban J connectivity index is 1.61. The fraction of sp³-hybridized carbons (Fsp3) is 0.556. The van der Waals surface area contributed by atoms with Crippen molar-refractivity contribution in [3.8, 4) is 0 Å². The summed E-state index contributed by atoms with van der Waals surface area (Å²) in [6, 6.07) is 0. The minimum absolute atomic E-state index is 0.435. The molecule has 1 aliphatic heterocycles.